The van der Waals surface area contributed by atoms with E-state index in [0.29, 0.717) is 18.5 Å². The summed E-state index contributed by atoms with van der Waals surface area (Å²) in [4.78, 5) is 40.3. The van der Waals surface area contributed by atoms with Crippen molar-refractivity contribution >= 4 is 18.0 Å². The number of amides is 2. The summed E-state index contributed by atoms with van der Waals surface area (Å²) in [6.07, 6.45) is 1.82. The third kappa shape index (κ3) is 5.48. The van der Waals surface area contributed by atoms with Gasteiger partial charge in [-0.25, -0.2) is 9.59 Å². The molecule has 1 atom stereocenters. The van der Waals surface area contributed by atoms with E-state index in [0.717, 1.165) is 22.3 Å². The number of nitrogens with one attached hydrogen (secondary N) is 2. The number of hydrogen-bond donors (Lipinski definition) is 3. The van der Waals surface area contributed by atoms with Gasteiger partial charge in [0.25, 0.3) is 5.91 Å². The maximum Gasteiger partial charge on any atom is 0.407 e. The third-order valence-corrected chi connectivity index (χ3v) is 6.02. The second-order valence-corrected chi connectivity index (χ2v) is 8.37. The normalized spacial score (nSPS) is 12.8. The van der Waals surface area contributed by atoms with Gasteiger partial charge in [0.15, 0.2) is 0 Å². The Hall–Kier alpha value is -4.20. The lowest BCUT2D eigenvalue weighted by molar-refractivity contribution is -0.139. The summed E-state index contributed by atoms with van der Waals surface area (Å²) in [5, 5.41) is 14.4. The van der Waals surface area contributed by atoms with Crippen LogP contribution >= 0.6 is 0 Å². The lowest BCUT2D eigenvalue weighted by Gasteiger charge is -2.15. The Morgan fingerprint density at radius 3 is 2.31 bits per heavy atom. The number of aromatic nitrogens is 1. The quantitative estimate of drug-likeness (QED) is 0.431. The molecule has 3 aromatic rings. The van der Waals surface area contributed by atoms with Gasteiger partial charge < -0.3 is 20.5 Å². The molecule has 1 aliphatic rings. The number of alkyl carbamates (subject to hydrolysis) is 1. The number of carbonyl (C=O) groups is 3. The van der Waals surface area contributed by atoms with Crippen LogP contribution in [-0.2, 0) is 16.1 Å². The fourth-order valence-electron chi connectivity index (χ4n) is 4.32. The third-order valence-electron chi connectivity index (χ3n) is 6.02. The van der Waals surface area contributed by atoms with Gasteiger partial charge in [0.05, 0.1) is 12.2 Å². The molecule has 0 radical (unpaired) electrons. The number of benzene rings is 2. The van der Waals surface area contributed by atoms with E-state index in [1.165, 1.54) is 18.3 Å². The molecule has 1 heterocycles. The van der Waals surface area contributed by atoms with Crippen molar-refractivity contribution in [3.05, 3.63) is 89.2 Å². The van der Waals surface area contributed by atoms with Crippen LogP contribution in [0.4, 0.5) is 4.79 Å². The molecule has 35 heavy (non-hydrogen) atoms. The minimum atomic E-state index is -1.08. The van der Waals surface area contributed by atoms with Crippen LogP contribution < -0.4 is 10.6 Å². The Morgan fingerprint density at radius 1 is 1.03 bits per heavy atom. The lowest BCUT2D eigenvalue weighted by Crippen LogP contribution is -2.40. The number of nitrogens with zero attached hydrogens (tertiary/aromatic N) is 1. The predicted octanol–water partition coefficient (Wildman–Crippen LogP) is 4.10. The predicted molar refractivity (Wildman–Crippen MR) is 130 cm³/mol. The summed E-state index contributed by atoms with van der Waals surface area (Å²) in [6.45, 7) is 2.11. The van der Waals surface area contributed by atoms with Crippen LogP contribution in [0.15, 0.2) is 66.9 Å². The van der Waals surface area contributed by atoms with E-state index in [1.807, 2.05) is 31.2 Å². The SMILES string of the molecule is CCC[C@H](NC(=O)c1ccnc(CNC(=O)OCC2c3ccccc3-c3ccccc32)c1)C(=O)O. The Labute approximate surface area is 203 Å². The van der Waals surface area contributed by atoms with Crippen molar-refractivity contribution in [1.82, 2.24) is 15.6 Å². The molecule has 3 N–H and O–H groups in total. The Bertz CT molecular complexity index is 1200. The van der Waals surface area contributed by atoms with Gasteiger partial charge in [0, 0.05) is 17.7 Å². The topological polar surface area (TPSA) is 118 Å². The fourth-order valence-corrected chi connectivity index (χ4v) is 4.32. The molecule has 1 aromatic heterocycles. The minimum Gasteiger partial charge on any atom is -0.480 e. The Balaban J connectivity index is 1.34. The molecule has 180 valence electrons. The molecule has 0 saturated heterocycles. The Morgan fingerprint density at radius 2 is 1.69 bits per heavy atom. The van der Waals surface area contributed by atoms with Gasteiger partial charge in [-0.2, -0.15) is 0 Å². The van der Waals surface area contributed by atoms with Gasteiger partial charge in [0.1, 0.15) is 12.6 Å². The van der Waals surface area contributed by atoms with Gasteiger partial charge in [0.2, 0.25) is 0 Å². The van der Waals surface area contributed by atoms with E-state index in [2.05, 4.69) is 39.9 Å². The number of fused-ring (bicyclic) bond motifs is 3. The van der Waals surface area contributed by atoms with Crippen LogP contribution in [0.1, 0.15) is 52.9 Å². The molecule has 2 amide bonds. The van der Waals surface area contributed by atoms with Crippen LogP contribution in [0.2, 0.25) is 0 Å². The van der Waals surface area contributed by atoms with E-state index in [-0.39, 0.29) is 24.6 Å². The van der Waals surface area contributed by atoms with Crippen molar-refractivity contribution in [2.24, 2.45) is 0 Å². The fraction of sp³-hybridized carbons (Fsp3) is 0.259. The summed E-state index contributed by atoms with van der Waals surface area (Å²) >= 11 is 0. The van der Waals surface area contributed by atoms with E-state index < -0.39 is 24.0 Å². The molecule has 8 nitrogen and oxygen atoms in total. The highest BCUT2D eigenvalue weighted by molar-refractivity contribution is 5.96. The first-order chi connectivity index (χ1) is 17.0. The zero-order valence-electron chi connectivity index (χ0n) is 19.4. The summed E-state index contributed by atoms with van der Waals surface area (Å²) in [7, 11) is 0. The van der Waals surface area contributed by atoms with Crippen molar-refractivity contribution < 1.29 is 24.2 Å². The number of pyridine rings is 1. The Kier molecular flexibility index (Phi) is 7.40. The molecule has 0 spiro atoms. The standard InChI is InChI=1S/C27H27N3O5/c1-2-7-24(26(32)33)30-25(31)17-12-13-28-18(14-17)15-29-27(34)35-16-23-21-10-5-3-8-19(21)20-9-4-6-11-22(20)23/h3-6,8-14,23-24H,2,7,15-16H2,1H3,(H,29,34)(H,30,31)(H,32,33)/t24-/m0/s1. The summed E-state index contributed by atoms with van der Waals surface area (Å²) < 4.78 is 5.52. The van der Waals surface area contributed by atoms with E-state index in [1.54, 1.807) is 0 Å². The number of ether oxygens (including phenoxy) is 1. The molecule has 4 rings (SSSR count). The highest BCUT2D eigenvalue weighted by Crippen LogP contribution is 2.44. The first-order valence-electron chi connectivity index (χ1n) is 11.6. The molecule has 0 aliphatic heterocycles. The highest BCUT2D eigenvalue weighted by atomic mass is 16.5. The molecule has 0 saturated carbocycles. The van der Waals surface area contributed by atoms with Gasteiger partial charge in [-0.15, -0.1) is 0 Å². The van der Waals surface area contributed by atoms with Crippen molar-refractivity contribution in [1.29, 1.82) is 0 Å². The number of hydrogen-bond acceptors (Lipinski definition) is 5. The van der Waals surface area contributed by atoms with Crippen molar-refractivity contribution in [3.8, 4) is 11.1 Å². The second kappa shape index (κ2) is 10.8. The maximum absolute atomic E-state index is 12.5. The lowest BCUT2D eigenvalue weighted by atomic mass is 9.98. The minimum absolute atomic E-state index is 0.0383. The molecule has 0 bridgehead atoms. The highest BCUT2D eigenvalue weighted by Gasteiger charge is 2.29. The van der Waals surface area contributed by atoms with Crippen LogP contribution in [0.3, 0.4) is 0 Å². The number of carbonyl (C=O) groups excluding carboxylic acids is 2. The summed E-state index contributed by atoms with van der Waals surface area (Å²) in [5.41, 5.74) is 5.29. The van der Waals surface area contributed by atoms with Crippen LogP contribution in [0.5, 0.6) is 0 Å². The summed E-state index contributed by atoms with van der Waals surface area (Å²) in [6, 6.07) is 18.3. The van der Waals surface area contributed by atoms with E-state index in [9.17, 15) is 19.5 Å². The average Bonchev–Trinajstić information content (AvgIpc) is 3.19. The number of carboxylic acids is 1. The van der Waals surface area contributed by atoms with Crippen LogP contribution in [0, 0.1) is 0 Å². The second-order valence-electron chi connectivity index (χ2n) is 8.37. The molecule has 1 aliphatic carbocycles. The number of carboxylic acid groups (broad SMARTS) is 1. The van der Waals surface area contributed by atoms with Crippen molar-refractivity contribution in [3.63, 3.8) is 0 Å². The molecule has 0 fully saturated rings. The molecule has 8 heteroatoms. The smallest absolute Gasteiger partial charge is 0.407 e. The first-order valence-corrected chi connectivity index (χ1v) is 11.6. The van der Waals surface area contributed by atoms with Crippen LogP contribution in [-0.4, -0.2) is 40.7 Å². The zero-order valence-corrected chi connectivity index (χ0v) is 19.4. The van der Waals surface area contributed by atoms with Gasteiger partial charge in [-0.1, -0.05) is 61.9 Å². The first kappa shape index (κ1) is 23.9. The van der Waals surface area contributed by atoms with Gasteiger partial charge in [-0.05, 0) is 40.8 Å². The summed E-state index contributed by atoms with van der Waals surface area (Å²) in [5.74, 6) is -1.62. The van der Waals surface area contributed by atoms with E-state index in [4.69, 9.17) is 4.74 Å². The molecule has 0 unspecified atom stereocenters. The number of aliphatic carboxylic acids is 1. The average molecular weight is 474 g/mol. The molecular formula is C27H27N3O5. The zero-order chi connectivity index (χ0) is 24.8. The largest absolute Gasteiger partial charge is 0.480 e. The van der Waals surface area contributed by atoms with Gasteiger partial charge >= 0.3 is 12.1 Å². The van der Waals surface area contributed by atoms with Crippen molar-refractivity contribution in [2.45, 2.75) is 38.3 Å². The monoisotopic (exact) mass is 473 g/mol. The maximum atomic E-state index is 12.5. The number of rotatable bonds is 9. The van der Waals surface area contributed by atoms with E-state index >= 15 is 0 Å². The van der Waals surface area contributed by atoms with Gasteiger partial charge in [-0.3, -0.25) is 9.78 Å². The molecular weight excluding hydrogens is 446 g/mol. The van der Waals surface area contributed by atoms with Crippen LogP contribution in [0.25, 0.3) is 11.1 Å². The van der Waals surface area contributed by atoms with Crippen molar-refractivity contribution in [2.75, 3.05) is 6.61 Å². The molecule has 2 aromatic carbocycles.